The Morgan fingerprint density at radius 3 is 2.37 bits per heavy atom. The van der Waals surface area contributed by atoms with E-state index in [1.807, 2.05) is 18.2 Å². The molecule has 0 saturated carbocycles. The van der Waals surface area contributed by atoms with Crippen molar-refractivity contribution < 1.29 is 14.7 Å². The number of rotatable bonds is 9. The first-order valence-electron chi connectivity index (χ1n) is 9.20. The number of nitrogen functional groups attached to an aromatic ring is 1. The molecule has 0 aromatic heterocycles. The molecule has 2 aromatic rings. The normalized spacial score (nSPS) is 10.8. The number of benzene rings is 2. The molecule has 27 heavy (non-hydrogen) atoms. The van der Waals surface area contributed by atoms with Crippen molar-refractivity contribution in [3.8, 4) is 0 Å². The van der Waals surface area contributed by atoms with Crippen molar-refractivity contribution in [3.05, 3.63) is 59.2 Å². The number of carbonyl (C=O) groups is 2. The van der Waals surface area contributed by atoms with Crippen molar-refractivity contribution in [2.24, 2.45) is 0 Å². The molecule has 0 heterocycles. The summed E-state index contributed by atoms with van der Waals surface area (Å²) in [5.74, 6) is -1.39. The lowest BCUT2D eigenvalue weighted by molar-refractivity contribution is 0.0696. The van der Waals surface area contributed by atoms with Gasteiger partial charge >= 0.3 is 5.97 Å². The first kappa shape index (κ1) is 20.5. The van der Waals surface area contributed by atoms with Crippen LogP contribution in [0.1, 0.15) is 53.0 Å². The molecule has 2 rings (SSSR count). The number of hydrogen-bond acceptors (Lipinski definition) is 4. The minimum Gasteiger partial charge on any atom is -0.478 e. The lowest BCUT2D eigenvalue weighted by Gasteiger charge is -2.21. The summed E-state index contributed by atoms with van der Waals surface area (Å²) >= 11 is 0. The standard InChI is InChI=1S/C21H27N3O3/c1-3-10-24(11-4-2)14-15-6-5-7-16(12-15)20(25)23-19-13-17(21(26)27)8-9-18(19)22/h5-9,12-13H,3-4,10-11,14,22H2,1-2H3,(H,23,25)(H,26,27). The molecule has 0 unspecified atom stereocenters. The number of carbonyl (C=O) groups excluding carboxylic acids is 1. The molecule has 0 spiro atoms. The van der Waals surface area contributed by atoms with Crippen LogP contribution in [0.3, 0.4) is 0 Å². The largest absolute Gasteiger partial charge is 0.478 e. The summed E-state index contributed by atoms with van der Waals surface area (Å²) in [4.78, 5) is 26.1. The van der Waals surface area contributed by atoms with Gasteiger partial charge in [0.25, 0.3) is 5.91 Å². The van der Waals surface area contributed by atoms with Crippen molar-refractivity contribution >= 4 is 23.3 Å². The number of carboxylic acid groups (broad SMARTS) is 1. The lowest BCUT2D eigenvalue weighted by Crippen LogP contribution is -2.25. The third-order valence-corrected chi connectivity index (χ3v) is 4.22. The van der Waals surface area contributed by atoms with Gasteiger partial charge in [-0.15, -0.1) is 0 Å². The maximum Gasteiger partial charge on any atom is 0.335 e. The molecule has 0 fully saturated rings. The molecule has 6 heteroatoms. The van der Waals surface area contributed by atoms with E-state index in [0.29, 0.717) is 16.9 Å². The second-order valence-corrected chi connectivity index (χ2v) is 6.54. The Morgan fingerprint density at radius 2 is 1.74 bits per heavy atom. The molecular formula is C21H27N3O3. The van der Waals surface area contributed by atoms with E-state index >= 15 is 0 Å². The van der Waals surface area contributed by atoms with E-state index in [1.54, 1.807) is 6.07 Å². The fraction of sp³-hybridized carbons (Fsp3) is 0.333. The van der Waals surface area contributed by atoms with Crippen LogP contribution in [0.4, 0.5) is 11.4 Å². The fourth-order valence-corrected chi connectivity index (χ4v) is 2.96. The summed E-state index contributed by atoms with van der Waals surface area (Å²) in [5.41, 5.74) is 8.13. The van der Waals surface area contributed by atoms with Gasteiger partial charge in [0.2, 0.25) is 0 Å². The van der Waals surface area contributed by atoms with E-state index in [1.165, 1.54) is 18.2 Å². The average molecular weight is 369 g/mol. The second-order valence-electron chi connectivity index (χ2n) is 6.54. The highest BCUT2D eigenvalue weighted by molar-refractivity contribution is 6.06. The maximum absolute atomic E-state index is 12.6. The van der Waals surface area contributed by atoms with Gasteiger partial charge in [0.05, 0.1) is 16.9 Å². The summed E-state index contributed by atoms with van der Waals surface area (Å²) in [6, 6.07) is 11.7. The Hall–Kier alpha value is -2.86. The smallest absolute Gasteiger partial charge is 0.335 e. The van der Waals surface area contributed by atoms with Crippen molar-refractivity contribution in [2.45, 2.75) is 33.2 Å². The van der Waals surface area contributed by atoms with Crippen LogP contribution >= 0.6 is 0 Å². The number of aromatic carboxylic acids is 1. The summed E-state index contributed by atoms with van der Waals surface area (Å²) in [5, 5.41) is 11.8. The van der Waals surface area contributed by atoms with Crippen LogP contribution in [0.15, 0.2) is 42.5 Å². The molecule has 2 aromatic carbocycles. The van der Waals surface area contributed by atoms with Gasteiger partial charge in [-0.05, 0) is 61.8 Å². The summed E-state index contributed by atoms with van der Waals surface area (Å²) < 4.78 is 0. The van der Waals surface area contributed by atoms with Gasteiger partial charge < -0.3 is 16.2 Å². The molecule has 0 bridgehead atoms. The molecular weight excluding hydrogens is 342 g/mol. The maximum atomic E-state index is 12.6. The Labute approximate surface area is 160 Å². The number of nitrogens with one attached hydrogen (secondary N) is 1. The minimum atomic E-state index is -1.07. The van der Waals surface area contributed by atoms with E-state index < -0.39 is 5.97 Å². The van der Waals surface area contributed by atoms with Gasteiger partial charge in [-0.2, -0.15) is 0 Å². The second kappa shape index (κ2) is 9.73. The summed E-state index contributed by atoms with van der Waals surface area (Å²) in [6.07, 6.45) is 2.17. The Balaban J connectivity index is 2.15. The Bertz CT molecular complexity index is 799. The molecule has 0 atom stereocenters. The number of nitrogens with two attached hydrogens (primary N) is 1. The number of amides is 1. The van der Waals surface area contributed by atoms with Crippen molar-refractivity contribution in [2.75, 3.05) is 24.1 Å². The van der Waals surface area contributed by atoms with Gasteiger partial charge in [-0.3, -0.25) is 9.69 Å². The zero-order valence-electron chi connectivity index (χ0n) is 15.9. The van der Waals surface area contributed by atoms with Crippen molar-refractivity contribution in [1.29, 1.82) is 0 Å². The molecule has 6 nitrogen and oxygen atoms in total. The van der Waals surface area contributed by atoms with E-state index in [0.717, 1.165) is 38.0 Å². The highest BCUT2D eigenvalue weighted by Gasteiger charge is 2.12. The van der Waals surface area contributed by atoms with Crippen LogP contribution in [0.5, 0.6) is 0 Å². The van der Waals surface area contributed by atoms with Gasteiger partial charge in [0.15, 0.2) is 0 Å². The SMILES string of the molecule is CCCN(CCC)Cc1cccc(C(=O)Nc2cc(C(=O)O)ccc2N)c1. The number of hydrogen-bond donors (Lipinski definition) is 3. The molecule has 0 aliphatic rings. The first-order valence-corrected chi connectivity index (χ1v) is 9.20. The predicted octanol–water partition coefficient (Wildman–Crippen LogP) is 3.84. The monoisotopic (exact) mass is 369 g/mol. The third-order valence-electron chi connectivity index (χ3n) is 4.22. The predicted molar refractivity (Wildman–Crippen MR) is 108 cm³/mol. The first-order chi connectivity index (χ1) is 12.9. The number of nitrogens with zero attached hydrogens (tertiary/aromatic N) is 1. The van der Waals surface area contributed by atoms with Gasteiger partial charge in [0, 0.05) is 12.1 Å². The molecule has 144 valence electrons. The summed E-state index contributed by atoms with van der Waals surface area (Å²) in [6.45, 7) is 7.13. The topological polar surface area (TPSA) is 95.7 Å². The lowest BCUT2D eigenvalue weighted by atomic mass is 10.1. The van der Waals surface area contributed by atoms with Gasteiger partial charge in [0.1, 0.15) is 0 Å². The molecule has 0 radical (unpaired) electrons. The van der Waals surface area contributed by atoms with Gasteiger partial charge in [-0.25, -0.2) is 4.79 Å². The Kier molecular flexibility index (Phi) is 7.37. The van der Waals surface area contributed by atoms with E-state index in [4.69, 9.17) is 10.8 Å². The minimum absolute atomic E-state index is 0.0722. The van der Waals surface area contributed by atoms with Crippen LogP contribution in [0.2, 0.25) is 0 Å². The quantitative estimate of drug-likeness (QED) is 0.584. The van der Waals surface area contributed by atoms with Crippen LogP contribution < -0.4 is 11.1 Å². The van der Waals surface area contributed by atoms with Crippen molar-refractivity contribution in [3.63, 3.8) is 0 Å². The van der Waals surface area contributed by atoms with Crippen LogP contribution in [0, 0.1) is 0 Å². The summed E-state index contributed by atoms with van der Waals surface area (Å²) in [7, 11) is 0. The van der Waals surface area contributed by atoms with E-state index in [-0.39, 0.29) is 11.5 Å². The molecule has 0 aliphatic carbocycles. The van der Waals surface area contributed by atoms with Crippen LogP contribution in [-0.2, 0) is 6.54 Å². The highest BCUT2D eigenvalue weighted by Crippen LogP contribution is 2.21. The molecule has 0 saturated heterocycles. The third kappa shape index (κ3) is 5.82. The number of carboxylic acids is 1. The Morgan fingerprint density at radius 1 is 1.04 bits per heavy atom. The van der Waals surface area contributed by atoms with E-state index in [2.05, 4.69) is 24.1 Å². The molecule has 4 N–H and O–H groups in total. The van der Waals surface area contributed by atoms with Crippen molar-refractivity contribution in [1.82, 2.24) is 4.90 Å². The molecule has 0 aliphatic heterocycles. The van der Waals surface area contributed by atoms with Gasteiger partial charge in [-0.1, -0.05) is 26.0 Å². The number of anilines is 2. The highest BCUT2D eigenvalue weighted by atomic mass is 16.4. The zero-order valence-corrected chi connectivity index (χ0v) is 15.9. The van der Waals surface area contributed by atoms with Crippen LogP contribution in [0.25, 0.3) is 0 Å². The fourth-order valence-electron chi connectivity index (χ4n) is 2.96. The zero-order chi connectivity index (χ0) is 19.8. The molecule has 1 amide bonds. The van der Waals surface area contributed by atoms with E-state index in [9.17, 15) is 9.59 Å². The van der Waals surface area contributed by atoms with Crippen LogP contribution in [-0.4, -0.2) is 35.0 Å². The average Bonchev–Trinajstić information content (AvgIpc) is 2.64.